The van der Waals surface area contributed by atoms with Crippen LogP contribution in [0.5, 0.6) is 0 Å². The minimum atomic E-state index is 0.755. The summed E-state index contributed by atoms with van der Waals surface area (Å²) in [7, 11) is 2.07. The van der Waals surface area contributed by atoms with Crippen molar-refractivity contribution in [1.29, 1.82) is 0 Å². The summed E-state index contributed by atoms with van der Waals surface area (Å²) in [6, 6.07) is 0.755. The number of likely N-dealkylation sites (N-methyl/N-ethyl adjacent to an activating group) is 1. The second-order valence-electron chi connectivity index (χ2n) is 5.40. The van der Waals surface area contributed by atoms with Crippen LogP contribution in [0.4, 0.5) is 0 Å². The minimum Gasteiger partial charge on any atom is -0.318 e. The second kappa shape index (κ2) is 6.49. The van der Waals surface area contributed by atoms with Gasteiger partial charge in [0.05, 0.1) is 0 Å². The lowest BCUT2D eigenvalue weighted by Crippen LogP contribution is -2.48. The van der Waals surface area contributed by atoms with Gasteiger partial charge in [-0.3, -0.25) is 4.90 Å². The molecule has 0 aromatic carbocycles. The molecule has 1 N–H and O–H groups in total. The zero-order valence-corrected chi connectivity index (χ0v) is 10.9. The van der Waals surface area contributed by atoms with Crippen molar-refractivity contribution < 1.29 is 0 Å². The maximum Gasteiger partial charge on any atom is 0.0220 e. The molecule has 2 heteroatoms. The van der Waals surface area contributed by atoms with E-state index in [-0.39, 0.29) is 0 Å². The summed E-state index contributed by atoms with van der Waals surface area (Å²) in [5.74, 6) is 1.76. The molecule has 3 atom stereocenters. The average Bonchev–Trinajstić information content (AvgIpc) is 2.16. The Labute approximate surface area is 95.4 Å². The second-order valence-corrected chi connectivity index (χ2v) is 5.40. The molecule has 1 fully saturated rings. The van der Waals surface area contributed by atoms with Crippen LogP contribution in [0.15, 0.2) is 0 Å². The van der Waals surface area contributed by atoms with Crippen LogP contribution < -0.4 is 5.32 Å². The van der Waals surface area contributed by atoms with Crippen molar-refractivity contribution in [3.05, 3.63) is 0 Å². The van der Waals surface area contributed by atoms with E-state index in [2.05, 4.69) is 38.0 Å². The van der Waals surface area contributed by atoms with Crippen molar-refractivity contribution in [3.63, 3.8) is 0 Å². The first-order valence-electron chi connectivity index (χ1n) is 6.56. The Bertz CT molecular complexity index is 154. The molecule has 0 radical (unpaired) electrons. The van der Waals surface area contributed by atoms with Crippen LogP contribution in [0, 0.1) is 11.8 Å². The zero-order chi connectivity index (χ0) is 11.3. The van der Waals surface area contributed by atoms with Crippen molar-refractivity contribution in [2.45, 2.75) is 46.1 Å². The van der Waals surface area contributed by atoms with E-state index in [0.717, 1.165) is 24.4 Å². The van der Waals surface area contributed by atoms with Gasteiger partial charge in [-0.1, -0.05) is 27.2 Å². The van der Waals surface area contributed by atoms with E-state index < -0.39 is 0 Å². The lowest BCUT2D eigenvalue weighted by Gasteiger charge is -2.40. The van der Waals surface area contributed by atoms with Gasteiger partial charge in [-0.05, 0) is 31.7 Å². The smallest absolute Gasteiger partial charge is 0.0220 e. The maximum absolute atomic E-state index is 3.34. The number of nitrogens with one attached hydrogen (secondary N) is 1. The van der Waals surface area contributed by atoms with Crippen LogP contribution in [-0.4, -0.2) is 37.6 Å². The molecule has 0 saturated carbocycles. The highest BCUT2D eigenvalue weighted by Gasteiger charge is 2.26. The fourth-order valence-electron chi connectivity index (χ4n) is 2.99. The number of nitrogens with zero attached hydrogens (tertiary/aromatic N) is 1. The predicted molar refractivity (Wildman–Crippen MR) is 67.1 cm³/mol. The highest BCUT2D eigenvalue weighted by Crippen LogP contribution is 2.23. The van der Waals surface area contributed by atoms with Crippen LogP contribution in [0.3, 0.4) is 0 Å². The molecule has 0 aromatic heterocycles. The Kier molecular flexibility index (Phi) is 5.62. The van der Waals surface area contributed by atoms with Gasteiger partial charge in [0, 0.05) is 25.7 Å². The van der Waals surface area contributed by atoms with Gasteiger partial charge in [0.15, 0.2) is 0 Å². The van der Waals surface area contributed by atoms with Crippen LogP contribution in [0.25, 0.3) is 0 Å². The van der Waals surface area contributed by atoms with E-state index >= 15 is 0 Å². The molecule has 0 spiro atoms. The van der Waals surface area contributed by atoms with E-state index in [1.807, 2.05) is 0 Å². The zero-order valence-electron chi connectivity index (χ0n) is 10.9. The van der Waals surface area contributed by atoms with Crippen molar-refractivity contribution in [3.8, 4) is 0 Å². The first-order valence-corrected chi connectivity index (χ1v) is 6.56. The van der Waals surface area contributed by atoms with Gasteiger partial charge in [-0.2, -0.15) is 0 Å². The van der Waals surface area contributed by atoms with Gasteiger partial charge in [-0.15, -0.1) is 0 Å². The normalized spacial score (nSPS) is 30.4. The molecule has 2 nitrogen and oxygen atoms in total. The molecule has 1 aliphatic heterocycles. The molecule has 1 rings (SSSR count). The van der Waals surface area contributed by atoms with Crippen molar-refractivity contribution in [2.24, 2.45) is 11.8 Å². The van der Waals surface area contributed by atoms with Gasteiger partial charge in [-0.25, -0.2) is 0 Å². The summed E-state index contributed by atoms with van der Waals surface area (Å²) < 4.78 is 0. The Morgan fingerprint density at radius 3 is 2.33 bits per heavy atom. The van der Waals surface area contributed by atoms with E-state index in [1.165, 1.54) is 32.4 Å². The van der Waals surface area contributed by atoms with Crippen LogP contribution in [0.1, 0.15) is 40.0 Å². The third-order valence-electron chi connectivity index (χ3n) is 3.48. The van der Waals surface area contributed by atoms with E-state index in [4.69, 9.17) is 0 Å². The number of likely N-dealkylation sites (tertiary alicyclic amines) is 1. The van der Waals surface area contributed by atoms with Crippen LogP contribution in [0.2, 0.25) is 0 Å². The van der Waals surface area contributed by atoms with Crippen LogP contribution >= 0.6 is 0 Å². The largest absolute Gasteiger partial charge is 0.318 e. The number of hydrogen-bond acceptors (Lipinski definition) is 2. The van der Waals surface area contributed by atoms with E-state index in [1.54, 1.807) is 0 Å². The standard InChI is InChI=1S/C13H28N2/c1-5-6-13(8-14-4)15-9-11(2)7-12(3)10-15/h11-14H,5-10H2,1-4H3. The summed E-state index contributed by atoms with van der Waals surface area (Å²) in [6.45, 7) is 10.8. The van der Waals surface area contributed by atoms with Gasteiger partial charge in [0.1, 0.15) is 0 Å². The lowest BCUT2D eigenvalue weighted by molar-refractivity contribution is 0.0905. The first kappa shape index (κ1) is 13.0. The van der Waals surface area contributed by atoms with Crippen molar-refractivity contribution >= 4 is 0 Å². The van der Waals surface area contributed by atoms with Crippen molar-refractivity contribution in [2.75, 3.05) is 26.7 Å². The quantitative estimate of drug-likeness (QED) is 0.752. The molecule has 0 aliphatic carbocycles. The third kappa shape index (κ3) is 4.12. The molecule has 1 aliphatic rings. The monoisotopic (exact) mass is 212 g/mol. The van der Waals surface area contributed by atoms with E-state index in [0.29, 0.717) is 0 Å². The average molecular weight is 212 g/mol. The fraction of sp³-hybridized carbons (Fsp3) is 1.00. The Balaban J connectivity index is 2.49. The minimum absolute atomic E-state index is 0.755. The van der Waals surface area contributed by atoms with Gasteiger partial charge in [0.25, 0.3) is 0 Å². The number of piperidine rings is 1. The molecule has 90 valence electrons. The Morgan fingerprint density at radius 2 is 1.87 bits per heavy atom. The molecule has 3 unspecified atom stereocenters. The molecule has 15 heavy (non-hydrogen) atoms. The fourth-order valence-corrected chi connectivity index (χ4v) is 2.99. The molecule has 0 amide bonds. The molecule has 1 heterocycles. The van der Waals surface area contributed by atoms with Gasteiger partial charge in [0.2, 0.25) is 0 Å². The lowest BCUT2D eigenvalue weighted by atomic mass is 9.90. The predicted octanol–water partition coefficient (Wildman–Crippen LogP) is 2.35. The number of hydrogen-bond donors (Lipinski definition) is 1. The summed E-state index contributed by atoms with van der Waals surface area (Å²) >= 11 is 0. The maximum atomic E-state index is 3.34. The topological polar surface area (TPSA) is 15.3 Å². The SMILES string of the molecule is CCCC(CNC)N1CC(C)CC(C)C1. The highest BCUT2D eigenvalue weighted by molar-refractivity contribution is 4.81. The Morgan fingerprint density at radius 1 is 1.27 bits per heavy atom. The third-order valence-corrected chi connectivity index (χ3v) is 3.48. The summed E-state index contributed by atoms with van der Waals surface area (Å²) in [5.41, 5.74) is 0. The Hall–Kier alpha value is -0.0800. The molecule has 0 bridgehead atoms. The summed E-state index contributed by atoms with van der Waals surface area (Å²) in [4.78, 5) is 2.71. The molecule has 1 saturated heterocycles. The van der Waals surface area contributed by atoms with E-state index in [9.17, 15) is 0 Å². The van der Waals surface area contributed by atoms with Crippen LogP contribution in [-0.2, 0) is 0 Å². The summed E-state index contributed by atoms with van der Waals surface area (Å²) in [6.07, 6.45) is 4.04. The van der Waals surface area contributed by atoms with Gasteiger partial charge < -0.3 is 5.32 Å². The van der Waals surface area contributed by atoms with Gasteiger partial charge >= 0.3 is 0 Å². The highest BCUT2D eigenvalue weighted by atomic mass is 15.2. The number of rotatable bonds is 5. The molecular weight excluding hydrogens is 184 g/mol. The van der Waals surface area contributed by atoms with Crippen molar-refractivity contribution in [1.82, 2.24) is 10.2 Å². The summed E-state index contributed by atoms with van der Waals surface area (Å²) in [5, 5.41) is 3.34. The first-order chi connectivity index (χ1) is 7.17. The molecular formula is C13H28N2. The molecule has 0 aromatic rings.